The molecule has 5 nitrogen and oxygen atoms in total. The molecule has 1 saturated heterocycles. The van der Waals surface area contributed by atoms with E-state index in [4.69, 9.17) is 14.9 Å². The zero-order chi connectivity index (χ0) is 14.7. The van der Waals surface area contributed by atoms with E-state index in [1.54, 1.807) is 17.0 Å². The monoisotopic (exact) mass is 286 g/mol. The standard InChI is InChI=1S/C16H18N2O3/c17-12-8-10-18(11-9-12)16(19)14-6-7-15(21-14)20-13-4-2-1-3-5-13/h1-7,12H,8-11,17H2. The van der Waals surface area contributed by atoms with Crippen LogP contribution in [-0.4, -0.2) is 29.9 Å². The number of hydrogen-bond donors (Lipinski definition) is 1. The third-order valence-corrected chi connectivity index (χ3v) is 3.58. The molecule has 0 bridgehead atoms. The average Bonchev–Trinajstić information content (AvgIpc) is 2.97. The number of rotatable bonds is 3. The van der Waals surface area contributed by atoms with Crippen LogP contribution in [0.5, 0.6) is 11.7 Å². The number of amides is 1. The Morgan fingerprint density at radius 1 is 1.14 bits per heavy atom. The van der Waals surface area contributed by atoms with Crippen molar-refractivity contribution in [1.29, 1.82) is 0 Å². The minimum absolute atomic E-state index is 0.107. The van der Waals surface area contributed by atoms with Crippen molar-refractivity contribution in [2.45, 2.75) is 18.9 Å². The number of nitrogens with two attached hydrogens (primary N) is 1. The van der Waals surface area contributed by atoms with Crippen molar-refractivity contribution in [3.63, 3.8) is 0 Å². The molecule has 1 aliphatic heterocycles. The summed E-state index contributed by atoms with van der Waals surface area (Å²) in [5.74, 6) is 1.19. The summed E-state index contributed by atoms with van der Waals surface area (Å²) in [5, 5.41) is 0. The lowest BCUT2D eigenvalue weighted by molar-refractivity contribution is 0.0677. The molecule has 0 spiro atoms. The van der Waals surface area contributed by atoms with Crippen LogP contribution in [0, 0.1) is 0 Å². The molecule has 1 amide bonds. The number of para-hydroxylation sites is 1. The number of furan rings is 1. The van der Waals surface area contributed by atoms with Gasteiger partial charge in [-0.1, -0.05) is 18.2 Å². The van der Waals surface area contributed by atoms with Crippen molar-refractivity contribution in [1.82, 2.24) is 4.90 Å². The Bertz CT molecular complexity index is 601. The maximum absolute atomic E-state index is 12.3. The van der Waals surface area contributed by atoms with E-state index in [2.05, 4.69) is 0 Å². The highest BCUT2D eigenvalue weighted by Crippen LogP contribution is 2.24. The molecule has 3 rings (SSSR count). The van der Waals surface area contributed by atoms with Gasteiger partial charge in [0.1, 0.15) is 5.75 Å². The minimum Gasteiger partial charge on any atom is -0.426 e. The summed E-state index contributed by atoms with van der Waals surface area (Å²) in [6, 6.07) is 12.8. The molecule has 2 aromatic rings. The van der Waals surface area contributed by atoms with Crippen molar-refractivity contribution in [2.24, 2.45) is 5.73 Å². The van der Waals surface area contributed by atoms with E-state index < -0.39 is 0 Å². The van der Waals surface area contributed by atoms with E-state index in [1.165, 1.54) is 0 Å². The summed E-state index contributed by atoms with van der Waals surface area (Å²) in [5.41, 5.74) is 5.84. The molecule has 2 heterocycles. The smallest absolute Gasteiger partial charge is 0.290 e. The molecule has 21 heavy (non-hydrogen) atoms. The van der Waals surface area contributed by atoms with Gasteiger partial charge in [-0.2, -0.15) is 0 Å². The summed E-state index contributed by atoms with van der Waals surface area (Å²) < 4.78 is 11.0. The lowest BCUT2D eigenvalue weighted by Crippen LogP contribution is -2.42. The predicted octanol–water partition coefficient (Wildman–Crippen LogP) is 2.64. The number of piperidine rings is 1. The Morgan fingerprint density at radius 3 is 2.57 bits per heavy atom. The first-order valence-corrected chi connectivity index (χ1v) is 7.10. The zero-order valence-corrected chi connectivity index (χ0v) is 11.7. The van der Waals surface area contributed by atoms with Gasteiger partial charge < -0.3 is 19.8 Å². The van der Waals surface area contributed by atoms with Crippen LogP contribution in [0.4, 0.5) is 0 Å². The topological polar surface area (TPSA) is 68.7 Å². The quantitative estimate of drug-likeness (QED) is 0.941. The molecular formula is C16H18N2O3. The molecule has 1 aromatic carbocycles. The first-order chi connectivity index (χ1) is 10.2. The van der Waals surface area contributed by atoms with Gasteiger partial charge in [-0.3, -0.25) is 4.79 Å². The fourth-order valence-electron chi connectivity index (χ4n) is 2.35. The molecule has 1 fully saturated rings. The van der Waals surface area contributed by atoms with Gasteiger partial charge in [0.2, 0.25) is 0 Å². The number of ether oxygens (including phenoxy) is 1. The lowest BCUT2D eigenvalue weighted by Gasteiger charge is -2.29. The van der Waals surface area contributed by atoms with Gasteiger partial charge in [-0.15, -0.1) is 0 Å². The van der Waals surface area contributed by atoms with Crippen molar-refractivity contribution < 1.29 is 13.9 Å². The normalized spacial score (nSPS) is 16.0. The van der Waals surface area contributed by atoms with E-state index in [-0.39, 0.29) is 11.9 Å². The predicted molar refractivity (Wildman–Crippen MR) is 78.3 cm³/mol. The van der Waals surface area contributed by atoms with E-state index >= 15 is 0 Å². The number of likely N-dealkylation sites (tertiary alicyclic amines) is 1. The van der Waals surface area contributed by atoms with Crippen LogP contribution in [0.1, 0.15) is 23.4 Å². The molecule has 0 atom stereocenters. The zero-order valence-electron chi connectivity index (χ0n) is 11.7. The molecular weight excluding hydrogens is 268 g/mol. The van der Waals surface area contributed by atoms with Crippen molar-refractivity contribution in [2.75, 3.05) is 13.1 Å². The number of hydrogen-bond acceptors (Lipinski definition) is 4. The van der Waals surface area contributed by atoms with Gasteiger partial charge in [0.05, 0.1) is 0 Å². The highest BCUT2D eigenvalue weighted by atomic mass is 16.6. The third-order valence-electron chi connectivity index (χ3n) is 3.58. The number of nitrogens with zero attached hydrogens (tertiary/aromatic N) is 1. The molecule has 0 radical (unpaired) electrons. The first kappa shape index (κ1) is 13.7. The summed E-state index contributed by atoms with van der Waals surface area (Å²) in [7, 11) is 0. The fraction of sp³-hybridized carbons (Fsp3) is 0.312. The SMILES string of the molecule is NC1CCN(C(=O)c2ccc(Oc3ccccc3)o2)CC1. The van der Waals surface area contributed by atoms with Crippen molar-refractivity contribution in [3.05, 3.63) is 48.2 Å². The van der Waals surface area contributed by atoms with Crippen molar-refractivity contribution >= 4 is 5.91 Å². The summed E-state index contributed by atoms with van der Waals surface area (Å²) in [6.45, 7) is 1.35. The van der Waals surface area contributed by atoms with Gasteiger partial charge in [0.15, 0.2) is 5.76 Å². The van der Waals surface area contributed by atoms with Gasteiger partial charge in [0.25, 0.3) is 11.9 Å². The lowest BCUT2D eigenvalue weighted by atomic mass is 10.1. The van der Waals surface area contributed by atoms with Crippen LogP contribution in [0.15, 0.2) is 46.9 Å². The van der Waals surface area contributed by atoms with Crippen LogP contribution in [0.2, 0.25) is 0 Å². The highest BCUT2D eigenvalue weighted by molar-refractivity contribution is 5.91. The number of carbonyl (C=O) groups excluding carboxylic acids is 1. The second-order valence-corrected chi connectivity index (χ2v) is 5.16. The number of carbonyl (C=O) groups is 1. The third kappa shape index (κ3) is 3.25. The van der Waals surface area contributed by atoms with Gasteiger partial charge in [-0.25, -0.2) is 0 Å². The summed E-state index contributed by atoms with van der Waals surface area (Å²) in [6.07, 6.45) is 1.67. The van der Waals surface area contributed by atoms with Gasteiger partial charge in [0, 0.05) is 25.2 Å². The van der Waals surface area contributed by atoms with E-state index in [0.29, 0.717) is 30.5 Å². The second kappa shape index (κ2) is 6.01. The summed E-state index contributed by atoms with van der Waals surface area (Å²) in [4.78, 5) is 14.1. The molecule has 1 aromatic heterocycles. The van der Waals surface area contributed by atoms with Crippen LogP contribution in [-0.2, 0) is 0 Å². The van der Waals surface area contributed by atoms with E-state index in [9.17, 15) is 4.79 Å². The van der Waals surface area contributed by atoms with Crippen LogP contribution < -0.4 is 10.5 Å². The van der Waals surface area contributed by atoms with Gasteiger partial charge in [-0.05, 0) is 31.0 Å². The minimum atomic E-state index is -0.107. The van der Waals surface area contributed by atoms with E-state index in [0.717, 1.165) is 12.8 Å². The van der Waals surface area contributed by atoms with Gasteiger partial charge >= 0.3 is 0 Å². The molecule has 0 aliphatic carbocycles. The Labute approximate surface area is 123 Å². The molecule has 2 N–H and O–H groups in total. The molecule has 1 aliphatic rings. The molecule has 5 heteroatoms. The van der Waals surface area contributed by atoms with Crippen molar-refractivity contribution in [3.8, 4) is 11.7 Å². The highest BCUT2D eigenvalue weighted by Gasteiger charge is 2.24. The maximum Gasteiger partial charge on any atom is 0.290 e. The number of benzene rings is 1. The maximum atomic E-state index is 12.3. The van der Waals surface area contributed by atoms with Crippen LogP contribution >= 0.6 is 0 Å². The Kier molecular flexibility index (Phi) is 3.92. The molecule has 0 saturated carbocycles. The first-order valence-electron chi connectivity index (χ1n) is 7.10. The average molecular weight is 286 g/mol. The largest absolute Gasteiger partial charge is 0.426 e. The van der Waals surface area contributed by atoms with Crippen LogP contribution in [0.3, 0.4) is 0 Å². The fourth-order valence-corrected chi connectivity index (χ4v) is 2.35. The van der Waals surface area contributed by atoms with E-state index in [1.807, 2.05) is 30.3 Å². The van der Waals surface area contributed by atoms with Crippen LogP contribution in [0.25, 0.3) is 0 Å². The second-order valence-electron chi connectivity index (χ2n) is 5.16. The Balaban J connectivity index is 1.66. The molecule has 110 valence electrons. The molecule has 0 unspecified atom stereocenters. The Morgan fingerprint density at radius 2 is 1.86 bits per heavy atom. The Hall–Kier alpha value is -2.27. The summed E-state index contributed by atoms with van der Waals surface area (Å²) >= 11 is 0.